The van der Waals surface area contributed by atoms with Gasteiger partial charge in [-0.3, -0.25) is 9.39 Å². The molecule has 7 heteroatoms. The Labute approximate surface area is 176 Å². The number of nitrogens with zero attached hydrogens (tertiary/aromatic N) is 4. The molecule has 0 saturated heterocycles. The van der Waals surface area contributed by atoms with Crippen LogP contribution in [0, 0.1) is 6.92 Å². The number of guanidine groups is 1. The van der Waals surface area contributed by atoms with Crippen molar-refractivity contribution in [2.45, 2.75) is 33.1 Å². The van der Waals surface area contributed by atoms with Crippen LogP contribution in [0.1, 0.15) is 30.3 Å². The Morgan fingerprint density at radius 3 is 2.93 bits per heavy atom. The number of rotatable bonds is 8. The van der Waals surface area contributed by atoms with E-state index in [4.69, 9.17) is 4.99 Å². The fraction of sp³-hybridized carbons (Fsp3) is 0.348. The second-order valence-corrected chi connectivity index (χ2v) is 7.40. The first-order valence-electron chi connectivity index (χ1n) is 10.6. The maximum absolute atomic E-state index is 4.72. The summed E-state index contributed by atoms with van der Waals surface area (Å²) < 4.78 is 2.04. The molecule has 3 aromatic heterocycles. The quantitative estimate of drug-likeness (QED) is 0.240. The van der Waals surface area contributed by atoms with Crippen LogP contribution in [0.25, 0.3) is 16.6 Å². The van der Waals surface area contributed by atoms with E-state index in [9.17, 15) is 0 Å². The molecule has 0 atom stereocenters. The number of fused-ring (bicyclic) bond motifs is 2. The summed E-state index contributed by atoms with van der Waals surface area (Å²) in [5.74, 6) is 1.84. The van der Waals surface area contributed by atoms with Crippen LogP contribution in [-0.4, -0.2) is 45.2 Å². The molecule has 0 aliphatic rings. The largest absolute Gasteiger partial charge is 0.361 e. The van der Waals surface area contributed by atoms with Crippen molar-refractivity contribution in [3.63, 3.8) is 0 Å². The molecule has 4 rings (SSSR count). The molecular formula is C23H29N7. The Kier molecular flexibility index (Phi) is 6.27. The molecule has 0 spiro atoms. The lowest BCUT2D eigenvalue weighted by atomic mass is 10.1. The van der Waals surface area contributed by atoms with Crippen LogP contribution in [-0.2, 0) is 12.8 Å². The minimum Gasteiger partial charge on any atom is -0.361 e. The number of H-pyrrole nitrogens is 1. The lowest BCUT2D eigenvalue weighted by molar-refractivity contribution is 0.750. The molecule has 0 amide bonds. The summed E-state index contributed by atoms with van der Waals surface area (Å²) in [5.41, 5.74) is 4.73. The zero-order valence-corrected chi connectivity index (χ0v) is 17.7. The van der Waals surface area contributed by atoms with Gasteiger partial charge < -0.3 is 15.6 Å². The van der Waals surface area contributed by atoms with Gasteiger partial charge in [0.15, 0.2) is 11.6 Å². The zero-order chi connectivity index (χ0) is 20.8. The summed E-state index contributed by atoms with van der Waals surface area (Å²) >= 11 is 0. The van der Waals surface area contributed by atoms with Gasteiger partial charge in [0, 0.05) is 49.4 Å². The molecule has 0 unspecified atom stereocenters. The normalized spacial score (nSPS) is 12.0. The van der Waals surface area contributed by atoms with Crippen molar-refractivity contribution in [2.24, 2.45) is 4.99 Å². The smallest absolute Gasteiger partial charge is 0.191 e. The molecule has 1 aromatic carbocycles. The van der Waals surface area contributed by atoms with E-state index >= 15 is 0 Å². The monoisotopic (exact) mass is 403 g/mol. The van der Waals surface area contributed by atoms with Crippen molar-refractivity contribution in [3.05, 3.63) is 65.7 Å². The van der Waals surface area contributed by atoms with Gasteiger partial charge in [-0.2, -0.15) is 0 Å². The number of hydrogen-bond acceptors (Lipinski definition) is 3. The minimum atomic E-state index is 0.739. The fourth-order valence-corrected chi connectivity index (χ4v) is 3.72. The third kappa shape index (κ3) is 4.45. The van der Waals surface area contributed by atoms with Crippen LogP contribution in [0.2, 0.25) is 0 Å². The third-order valence-corrected chi connectivity index (χ3v) is 5.25. The molecule has 0 radical (unpaired) electrons. The van der Waals surface area contributed by atoms with E-state index in [0.29, 0.717) is 0 Å². The summed E-state index contributed by atoms with van der Waals surface area (Å²) in [6.07, 6.45) is 6.84. The second-order valence-electron chi connectivity index (χ2n) is 7.40. The summed E-state index contributed by atoms with van der Waals surface area (Å²) in [6.45, 7) is 6.64. The van der Waals surface area contributed by atoms with E-state index in [1.165, 1.54) is 22.0 Å². The first-order chi connectivity index (χ1) is 14.8. The van der Waals surface area contributed by atoms with Crippen molar-refractivity contribution < 1.29 is 0 Å². The van der Waals surface area contributed by atoms with Crippen molar-refractivity contribution in [2.75, 3.05) is 19.6 Å². The van der Waals surface area contributed by atoms with Crippen LogP contribution in [0.3, 0.4) is 0 Å². The van der Waals surface area contributed by atoms with E-state index < -0.39 is 0 Å². The Morgan fingerprint density at radius 2 is 2.03 bits per heavy atom. The second kappa shape index (κ2) is 9.43. The number of nitrogens with one attached hydrogen (secondary N) is 3. The molecule has 7 nitrogen and oxygen atoms in total. The first kappa shape index (κ1) is 19.9. The Bertz CT molecular complexity index is 1140. The molecule has 4 aromatic rings. The number of pyridine rings is 1. The average Bonchev–Trinajstić information content (AvgIpc) is 3.36. The van der Waals surface area contributed by atoms with Crippen molar-refractivity contribution in [3.8, 4) is 0 Å². The third-order valence-electron chi connectivity index (χ3n) is 5.25. The lowest BCUT2D eigenvalue weighted by Crippen LogP contribution is -2.38. The molecule has 3 N–H and O–H groups in total. The van der Waals surface area contributed by atoms with Crippen LogP contribution in [0.4, 0.5) is 0 Å². The van der Waals surface area contributed by atoms with Gasteiger partial charge in [-0.15, -0.1) is 10.2 Å². The van der Waals surface area contributed by atoms with E-state index in [0.717, 1.165) is 56.3 Å². The molecule has 30 heavy (non-hydrogen) atoms. The molecule has 0 aliphatic heterocycles. The molecule has 0 aliphatic carbocycles. The Morgan fingerprint density at radius 1 is 1.10 bits per heavy atom. The van der Waals surface area contributed by atoms with Gasteiger partial charge in [-0.25, -0.2) is 0 Å². The van der Waals surface area contributed by atoms with E-state index in [1.54, 1.807) is 0 Å². The van der Waals surface area contributed by atoms with Gasteiger partial charge in [0.2, 0.25) is 0 Å². The number of hydrogen-bond donors (Lipinski definition) is 3. The molecule has 156 valence electrons. The fourth-order valence-electron chi connectivity index (χ4n) is 3.72. The summed E-state index contributed by atoms with van der Waals surface area (Å²) in [7, 11) is 0. The standard InChI is InChI=1S/C23H29N7/c1-3-24-23(25-13-7-11-21-29-28-20-10-4-5-15-30(20)21)26-14-12-18-16-27-22-17(2)8-6-9-19(18)22/h4-6,8-10,15-16,27H,3,7,11-14H2,1-2H3,(H2,24,25,26). The predicted molar refractivity (Wildman–Crippen MR) is 122 cm³/mol. The van der Waals surface area contributed by atoms with Gasteiger partial charge in [0.1, 0.15) is 5.82 Å². The maximum atomic E-state index is 4.72. The lowest BCUT2D eigenvalue weighted by Gasteiger charge is -2.11. The van der Waals surface area contributed by atoms with Crippen molar-refractivity contribution >= 4 is 22.5 Å². The number of para-hydroxylation sites is 1. The van der Waals surface area contributed by atoms with Gasteiger partial charge in [-0.05, 0) is 49.9 Å². The van der Waals surface area contributed by atoms with E-state index in [1.807, 2.05) is 28.8 Å². The highest BCUT2D eigenvalue weighted by atomic mass is 15.2. The predicted octanol–water partition coefficient (Wildman–Crippen LogP) is 3.25. The van der Waals surface area contributed by atoms with Gasteiger partial charge in [-0.1, -0.05) is 24.3 Å². The maximum Gasteiger partial charge on any atom is 0.191 e. The minimum absolute atomic E-state index is 0.739. The van der Waals surface area contributed by atoms with Crippen LogP contribution >= 0.6 is 0 Å². The zero-order valence-electron chi connectivity index (χ0n) is 17.7. The molecule has 0 fully saturated rings. The number of aromatic nitrogens is 4. The van der Waals surface area contributed by atoms with E-state index in [-0.39, 0.29) is 0 Å². The summed E-state index contributed by atoms with van der Waals surface area (Å²) in [4.78, 5) is 8.12. The summed E-state index contributed by atoms with van der Waals surface area (Å²) in [6, 6.07) is 12.4. The Balaban J connectivity index is 1.29. The van der Waals surface area contributed by atoms with Crippen molar-refractivity contribution in [1.82, 2.24) is 30.2 Å². The molecule has 0 saturated carbocycles. The highest BCUT2D eigenvalue weighted by Gasteiger charge is 2.06. The van der Waals surface area contributed by atoms with Gasteiger partial charge in [0.05, 0.1) is 0 Å². The van der Waals surface area contributed by atoms with Crippen LogP contribution < -0.4 is 10.6 Å². The summed E-state index contributed by atoms with van der Waals surface area (Å²) in [5, 5.41) is 16.6. The average molecular weight is 404 g/mol. The number of benzene rings is 1. The van der Waals surface area contributed by atoms with Gasteiger partial charge >= 0.3 is 0 Å². The van der Waals surface area contributed by atoms with E-state index in [2.05, 4.69) is 64.1 Å². The van der Waals surface area contributed by atoms with Crippen LogP contribution in [0.15, 0.2) is 53.8 Å². The number of aromatic amines is 1. The topological polar surface area (TPSA) is 82.4 Å². The Hall–Kier alpha value is -3.35. The number of aryl methyl sites for hydroxylation is 2. The highest BCUT2D eigenvalue weighted by molar-refractivity contribution is 5.86. The van der Waals surface area contributed by atoms with Crippen molar-refractivity contribution in [1.29, 1.82) is 0 Å². The first-order valence-corrected chi connectivity index (χ1v) is 10.6. The SMILES string of the molecule is CCNC(=NCCCc1nnc2ccccn12)NCCc1c[nH]c2c(C)cccc12. The van der Waals surface area contributed by atoms with Crippen LogP contribution in [0.5, 0.6) is 0 Å². The van der Waals surface area contributed by atoms with Gasteiger partial charge in [0.25, 0.3) is 0 Å². The number of aliphatic imine (C=N–C) groups is 1. The highest BCUT2D eigenvalue weighted by Crippen LogP contribution is 2.21. The molecule has 0 bridgehead atoms. The molecular weight excluding hydrogens is 374 g/mol. The molecule has 3 heterocycles.